The molecule has 1 saturated carbocycles. The summed E-state index contributed by atoms with van der Waals surface area (Å²) in [6.07, 6.45) is -2.17. The van der Waals surface area contributed by atoms with Crippen LogP contribution in [-0.4, -0.2) is 32.6 Å². The maximum atomic E-state index is 13.4. The Morgan fingerprint density at radius 3 is 2.32 bits per heavy atom. The van der Waals surface area contributed by atoms with Gasteiger partial charge in [0, 0.05) is 19.0 Å². The average Bonchev–Trinajstić information content (AvgIpc) is 3.63. The van der Waals surface area contributed by atoms with E-state index in [4.69, 9.17) is 5.26 Å². The van der Waals surface area contributed by atoms with Crippen molar-refractivity contribution in [2.45, 2.75) is 42.7 Å². The van der Waals surface area contributed by atoms with Crippen LogP contribution in [0.5, 0.6) is 0 Å². The van der Waals surface area contributed by atoms with Crippen LogP contribution in [0.2, 0.25) is 0 Å². The lowest BCUT2D eigenvalue weighted by Gasteiger charge is -2.33. The van der Waals surface area contributed by atoms with Crippen LogP contribution in [0.15, 0.2) is 41.3 Å². The second kappa shape index (κ2) is 8.83. The van der Waals surface area contributed by atoms with Crippen LogP contribution in [0.4, 0.5) is 24.5 Å². The van der Waals surface area contributed by atoms with Crippen molar-refractivity contribution >= 4 is 27.4 Å². The molecule has 2 aromatic carbocycles. The molecule has 1 heterocycles. The fraction of sp³-hybridized carbons (Fsp3) is 0.391. The van der Waals surface area contributed by atoms with E-state index in [0.29, 0.717) is 31.5 Å². The first-order valence-electron chi connectivity index (χ1n) is 10.8. The summed E-state index contributed by atoms with van der Waals surface area (Å²) in [7, 11) is -4.40. The molecule has 4 rings (SSSR count). The highest BCUT2D eigenvalue weighted by Gasteiger charge is 2.34. The number of sulfonamides is 1. The van der Waals surface area contributed by atoms with E-state index >= 15 is 0 Å². The topological polar surface area (TPSA) is 111 Å². The van der Waals surface area contributed by atoms with Crippen molar-refractivity contribution in [3.63, 3.8) is 0 Å². The van der Waals surface area contributed by atoms with Crippen LogP contribution in [0.3, 0.4) is 0 Å². The summed E-state index contributed by atoms with van der Waals surface area (Å²) in [5.74, 6) is -1.51. The van der Waals surface area contributed by atoms with Crippen molar-refractivity contribution in [3.05, 3.63) is 53.1 Å². The van der Waals surface area contributed by atoms with Gasteiger partial charge in [0.15, 0.2) is 0 Å². The summed E-state index contributed by atoms with van der Waals surface area (Å²) >= 11 is 0. The number of nitriles is 1. The Kier molecular flexibility index (Phi) is 6.20. The lowest BCUT2D eigenvalue weighted by Crippen LogP contribution is -2.34. The highest BCUT2D eigenvalue weighted by Crippen LogP contribution is 2.44. The van der Waals surface area contributed by atoms with Gasteiger partial charge >= 0.3 is 12.1 Å². The summed E-state index contributed by atoms with van der Waals surface area (Å²) in [6.45, 7) is 0.778. The smallest absolute Gasteiger partial charge is 0.416 e. The van der Waals surface area contributed by atoms with Crippen molar-refractivity contribution < 1.29 is 31.5 Å². The zero-order valence-electron chi connectivity index (χ0n) is 18.0. The standard InChI is InChI=1S/C23H22F3N3O4S/c24-23(25,26)17-4-6-20(29-9-7-14(13-27)8-10-29)19(12-17)28-34(32,33)21-11-16(22(30)31)3-5-18(21)15-1-2-15/h3-6,11-12,14-15,28H,1-2,7-10H2,(H,30,31). The molecule has 0 aromatic heterocycles. The molecule has 2 N–H and O–H groups in total. The summed E-state index contributed by atoms with van der Waals surface area (Å²) in [5, 5.41) is 18.4. The Balaban J connectivity index is 1.76. The number of nitrogens with one attached hydrogen (secondary N) is 1. The number of rotatable bonds is 6. The molecule has 0 amide bonds. The molecule has 11 heteroatoms. The highest BCUT2D eigenvalue weighted by molar-refractivity contribution is 7.92. The zero-order chi connectivity index (χ0) is 24.7. The van der Waals surface area contributed by atoms with Gasteiger partial charge in [-0.15, -0.1) is 0 Å². The Bertz CT molecular complexity index is 1260. The summed E-state index contributed by atoms with van der Waals surface area (Å²) < 4.78 is 69.3. The normalized spacial score (nSPS) is 17.3. The first-order valence-corrected chi connectivity index (χ1v) is 12.2. The third kappa shape index (κ3) is 4.97. The number of piperidine rings is 1. The molecule has 34 heavy (non-hydrogen) atoms. The van der Waals surface area contributed by atoms with Crippen molar-refractivity contribution in [2.75, 3.05) is 22.7 Å². The lowest BCUT2D eigenvalue weighted by atomic mass is 9.98. The first-order chi connectivity index (χ1) is 16.0. The maximum Gasteiger partial charge on any atom is 0.416 e. The van der Waals surface area contributed by atoms with E-state index in [-0.39, 0.29) is 33.7 Å². The molecular weight excluding hydrogens is 471 g/mol. The SMILES string of the molecule is N#CC1CCN(c2ccc(C(F)(F)F)cc2NS(=O)(=O)c2cc(C(=O)O)ccc2C2CC2)CC1. The summed E-state index contributed by atoms with van der Waals surface area (Å²) in [4.78, 5) is 12.9. The number of alkyl halides is 3. The molecule has 7 nitrogen and oxygen atoms in total. The third-order valence-electron chi connectivity index (χ3n) is 6.15. The number of carboxylic acid groups (broad SMARTS) is 1. The second-order valence-corrected chi connectivity index (χ2v) is 10.2. The van der Waals surface area contributed by atoms with E-state index in [1.54, 1.807) is 4.90 Å². The van der Waals surface area contributed by atoms with Crippen molar-refractivity contribution in [1.29, 1.82) is 5.26 Å². The number of hydrogen-bond acceptors (Lipinski definition) is 5. The average molecular weight is 494 g/mol. The lowest BCUT2D eigenvalue weighted by molar-refractivity contribution is -0.137. The molecular formula is C23H22F3N3O4S. The molecule has 0 radical (unpaired) electrons. The monoisotopic (exact) mass is 493 g/mol. The fourth-order valence-corrected chi connectivity index (χ4v) is 5.54. The highest BCUT2D eigenvalue weighted by atomic mass is 32.2. The number of anilines is 2. The van der Waals surface area contributed by atoms with Crippen LogP contribution in [-0.2, 0) is 16.2 Å². The molecule has 180 valence electrons. The predicted molar refractivity (Wildman–Crippen MR) is 118 cm³/mol. The van der Waals surface area contributed by atoms with Crippen molar-refractivity contribution in [2.24, 2.45) is 5.92 Å². The molecule has 1 aliphatic heterocycles. The molecule has 0 unspecified atom stereocenters. The largest absolute Gasteiger partial charge is 0.478 e. The third-order valence-corrected chi connectivity index (χ3v) is 7.57. The summed E-state index contributed by atoms with van der Waals surface area (Å²) in [5.41, 5.74) is -0.765. The van der Waals surface area contributed by atoms with Gasteiger partial charge in [-0.3, -0.25) is 4.72 Å². The molecule has 0 spiro atoms. The number of aromatic carboxylic acids is 1. The van der Waals surface area contributed by atoms with Gasteiger partial charge in [-0.1, -0.05) is 6.07 Å². The number of carbonyl (C=O) groups is 1. The van der Waals surface area contributed by atoms with E-state index < -0.39 is 27.7 Å². The molecule has 2 fully saturated rings. The minimum Gasteiger partial charge on any atom is -0.478 e. The minimum absolute atomic E-state index is 0.0413. The number of benzene rings is 2. The van der Waals surface area contributed by atoms with E-state index in [9.17, 15) is 31.5 Å². The molecule has 2 aliphatic rings. The number of hydrogen-bond donors (Lipinski definition) is 2. The zero-order valence-corrected chi connectivity index (χ0v) is 18.8. The van der Waals surface area contributed by atoms with Gasteiger partial charge in [-0.05, 0) is 67.5 Å². The van der Waals surface area contributed by atoms with Crippen molar-refractivity contribution in [1.82, 2.24) is 0 Å². The van der Waals surface area contributed by atoms with Crippen LogP contribution >= 0.6 is 0 Å². The van der Waals surface area contributed by atoms with E-state index in [0.717, 1.165) is 31.0 Å². The Morgan fingerprint density at radius 1 is 1.09 bits per heavy atom. The number of carboxylic acids is 1. The molecule has 1 aliphatic carbocycles. The Morgan fingerprint density at radius 2 is 1.76 bits per heavy atom. The maximum absolute atomic E-state index is 13.4. The van der Waals surface area contributed by atoms with Gasteiger partial charge in [-0.25, -0.2) is 13.2 Å². The van der Waals surface area contributed by atoms with Crippen LogP contribution in [0, 0.1) is 17.2 Å². The van der Waals surface area contributed by atoms with Gasteiger partial charge in [0.2, 0.25) is 0 Å². The molecule has 0 atom stereocenters. The molecule has 0 bridgehead atoms. The quantitative estimate of drug-likeness (QED) is 0.597. The summed E-state index contributed by atoms with van der Waals surface area (Å²) in [6, 6.07) is 8.87. The molecule has 1 saturated heterocycles. The van der Waals surface area contributed by atoms with E-state index in [2.05, 4.69) is 10.8 Å². The number of nitrogens with zero attached hydrogens (tertiary/aromatic N) is 2. The minimum atomic E-state index is -4.69. The van der Waals surface area contributed by atoms with Crippen LogP contribution in [0.1, 0.15) is 53.1 Å². The second-order valence-electron chi connectivity index (χ2n) is 8.56. The van der Waals surface area contributed by atoms with E-state index in [1.165, 1.54) is 18.2 Å². The van der Waals surface area contributed by atoms with Crippen LogP contribution in [0.25, 0.3) is 0 Å². The Labute approximate surface area is 194 Å². The van der Waals surface area contributed by atoms with Gasteiger partial charge in [0.05, 0.1) is 33.5 Å². The van der Waals surface area contributed by atoms with Gasteiger partial charge in [-0.2, -0.15) is 18.4 Å². The van der Waals surface area contributed by atoms with Crippen LogP contribution < -0.4 is 9.62 Å². The Hall–Kier alpha value is -3.26. The number of halogens is 3. The van der Waals surface area contributed by atoms with Gasteiger partial charge < -0.3 is 10.0 Å². The first kappa shape index (κ1) is 23.9. The van der Waals surface area contributed by atoms with Gasteiger partial charge in [0.25, 0.3) is 10.0 Å². The fourth-order valence-electron chi connectivity index (χ4n) is 4.15. The van der Waals surface area contributed by atoms with Gasteiger partial charge in [0.1, 0.15) is 0 Å². The van der Waals surface area contributed by atoms with Crippen molar-refractivity contribution in [3.8, 4) is 6.07 Å². The predicted octanol–water partition coefficient (Wildman–Crippen LogP) is 4.82. The van der Waals surface area contributed by atoms with E-state index in [1.807, 2.05) is 0 Å². The molecule has 2 aromatic rings.